The summed E-state index contributed by atoms with van der Waals surface area (Å²) in [5, 5.41) is 10.4. The molecule has 31 heavy (non-hydrogen) atoms. The summed E-state index contributed by atoms with van der Waals surface area (Å²) in [6.45, 7) is 5.41. The fraction of sp³-hybridized carbons (Fsp3) is 0.591. The summed E-state index contributed by atoms with van der Waals surface area (Å²) in [4.78, 5) is 34.1. The Balaban J connectivity index is 1.32. The fourth-order valence-corrected chi connectivity index (χ4v) is 4.37. The molecule has 0 saturated carbocycles. The van der Waals surface area contributed by atoms with Crippen molar-refractivity contribution in [3.8, 4) is 0 Å². The Bertz CT molecular complexity index is 908. The van der Waals surface area contributed by atoms with Crippen LogP contribution in [0, 0.1) is 12.8 Å². The smallest absolute Gasteiger partial charge is 0.254 e. The zero-order valence-corrected chi connectivity index (χ0v) is 18.0. The van der Waals surface area contributed by atoms with Gasteiger partial charge in [-0.25, -0.2) is 9.61 Å². The molecule has 1 unspecified atom stereocenters. The van der Waals surface area contributed by atoms with Gasteiger partial charge in [0.05, 0.1) is 6.54 Å². The van der Waals surface area contributed by atoms with Crippen molar-refractivity contribution in [1.29, 1.82) is 0 Å². The van der Waals surface area contributed by atoms with E-state index in [9.17, 15) is 9.59 Å². The highest BCUT2D eigenvalue weighted by Gasteiger charge is 2.27. The Morgan fingerprint density at radius 3 is 2.77 bits per heavy atom. The van der Waals surface area contributed by atoms with Crippen LogP contribution in [0.3, 0.4) is 0 Å². The lowest BCUT2D eigenvalue weighted by molar-refractivity contribution is -0.122. The van der Waals surface area contributed by atoms with E-state index in [1.807, 2.05) is 11.0 Å². The van der Waals surface area contributed by atoms with Gasteiger partial charge in [0.2, 0.25) is 5.91 Å². The molecule has 9 heteroatoms. The van der Waals surface area contributed by atoms with Gasteiger partial charge in [0.25, 0.3) is 5.91 Å². The van der Waals surface area contributed by atoms with Gasteiger partial charge in [-0.3, -0.25) is 9.59 Å². The molecule has 2 fully saturated rings. The molecule has 2 aliphatic heterocycles. The Kier molecular flexibility index (Phi) is 6.79. The molecule has 2 aromatic heterocycles. The Morgan fingerprint density at radius 2 is 2.00 bits per heavy atom. The lowest BCUT2D eigenvalue weighted by Crippen LogP contribution is -2.41. The number of pyridine rings is 1. The first-order valence-corrected chi connectivity index (χ1v) is 11.1. The Hall–Kier alpha value is -2.97. The minimum atomic E-state index is -0.0435. The van der Waals surface area contributed by atoms with E-state index >= 15 is 0 Å². The number of aryl methyl sites for hydroxylation is 1. The van der Waals surface area contributed by atoms with Crippen molar-refractivity contribution in [2.24, 2.45) is 5.92 Å². The van der Waals surface area contributed by atoms with Gasteiger partial charge in [-0.2, -0.15) is 0 Å². The van der Waals surface area contributed by atoms with Crippen molar-refractivity contribution >= 4 is 17.6 Å². The third-order valence-corrected chi connectivity index (χ3v) is 6.15. The van der Waals surface area contributed by atoms with Gasteiger partial charge in [-0.05, 0) is 57.1 Å². The number of aromatic nitrogens is 3. The second-order valence-electron chi connectivity index (χ2n) is 8.49. The van der Waals surface area contributed by atoms with Gasteiger partial charge in [0.15, 0.2) is 0 Å². The molecule has 0 aromatic carbocycles. The number of carbonyl (C=O) groups is 2. The van der Waals surface area contributed by atoms with Crippen LogP contribution >= 0.6 is 0 Å². The van der Waals surface area contributed by atoms with Crippen LogP contribution in [0.4, 0.5) is 5.82 Å². The standard InChI is InChI=1S/C22H30N6O3/c1-16-19(26-31-25-16)14-24-21(29)12-17-6-5-11-28(15-17)22(30)18-7-8-23-20(13-18)27-9-3-2-4-10-27/h7-8,13,17H,2-6,9-12,14-15H2,1H3,(H,24,29). The minimum absolute atomic E-state index is 0.0232. The molecule has 0 radical (unpaired) electrons. The summed E-state index contributed by atoms with van der Waals surface area (Å²) < 4.78 is 4.65. The number of rotatable bonds is 6. The maximum Gasteiger partial charge on any atom is 0.254 e. The number of amides is 2. The monoisotopic (exact) mass is 426 g/mol. The maximum atomic E-state index is 13.1. The summed E-state index contributed by atoms with van der Waals surface area (Å²) in [6, 6.07) is 3.71. The summed E-state index contributed by atoms with van der Waals surface area (Å²) in [5.41, 5.74) is 1.99. The summed E-state index contributed by atoms with van der Waals surface area (Å²) in [6.07, 6.45) is 7.56. The number of nitrogens with one attached hydrogen (secondary N) is 1. The Labute approximate surface area is 182 Å². The van der Waals surface area contributed by atoms with E-state index in [0.717, 1.165) is 38.3 Å². The van der Waals surface area contributed by atoms with Gasteiger partial charge >= 0.3 is 0 Å². The third-order valence-electron chi connectivity index (χ3n) is 6.15. The molecular formula is C22H30N6O3. The number of carbonyl (C=O) groups excluding carboxylic acids is 2. The molecule has 4 heterocycles. The molecule has 0 aliphatic carbocycles. The van der Waals surface area contributed by atoms with E-state index < -0.39 is 0 Å². The highest BCUT2D eigenvalue weighted by molar-refractivity contribution is 5.95. The number of likely N-dealkylation sites (tertiary alicyclic amines) is 1. The van der Waals surface area contributed by atoms with Crippen molar-refractivity contribution in [2.75, 3.05) is 31.1 Å². The zero-order chi connectivity index (χ0) is 21.6. The molecule has 4 rings (SSSR count). The lowest BCUT2D eigenvalue weighted by atomic mass is 9.94. The molecule has 0 bridgehead atoms. The van der Waals surface area contributed by atoms with E-state index in [4.69, 9.17) is 0 Å². The van der Waals surface area contributed by atoms with Crippen molar-refractivity contribution in [1.82, 2.24) is 25.5 Å². The highest BCUT2D eigenvalue weighted by Crippen LogP contribution is 2.23. The van der Waals surface area contributed by atoms with Crippen LogP contribution in [-0.2, 0) is 11.3 Å². The van der Waals surface area contributed by atoms with Gasteiger partial charge in [0, 0.05) is 44.4 Å². The molecule has 1 N–H and O–H groups in total. The predicted molar refractivity (Wildman–Crippen MR) is 114 cm³/mol. The first kappa shape index (κ1) is 21.3. The first-order valence-electron chi connectivity index (χ1n) is 11.1. The van der Waals surface area contributed by atoms with E-state index in [1.165, 1.54) is 19.3 Å². The van der Waals surface area contributed by atoms with Crippen LogP contribution in [-0.4, -0.2) is 58.2 Å². The molecule has 2 aromatic rings. The second-order valence-corrected chi connectivity index (χ2v) is 8.49. The molecule has 9 nitrogen and oxygen atoms in total. The second kappa shape index (κ2) is 9.89. The first-order chi connectivity index (χ1) is 15.1. The average molecular weight is 427 g/mol. The van der Waals surface area contributed by atoms with Crippen molar-refractivity contribution in [3.05, 3.63) is 35.3 Å². The molecule has 2 saturated heterocycles. The summed E-state index contributed by atoms with van der Waals surface area (Å²) in [7, 11) is 0. The van der Waals surface area contributed by atoms with Crippen LogP contribution in [0.5, 0.6) is 0 Å². The van der Waals surface area contributed by atoms with Crippen molar-refractivity contribution in [2.45, 2.75) is 52.0 Å². The number of piperidine rings is 2. The highest BCUT2D eigenvalue weighted by atomic mass is 16.6. The van der Waals surface area contributed by atoms with E-state index in [0.29, 0.717) is 36.5 Å². The third kappa shape index (κ3) is 5.39. The largest absolute Gasteiger partial charge is 0.357 e. The summed E-state index contributed by atoms with van der Waals surface area (Å²) >= 11 is 0. The van der Waals surface area contributed by atoms with E-state index in [1.54, 1.807) is 19.2 Å². The minimum Gasteiger partial charge on any atom is -0.357 e. The quantitative estimate of drug-likeness (QED) is 0.756. The topological polar surface area (TPSA) is 104 Å². The fourth-order valence-electron chi connectivity index (χ4n) is 4.37. The number of nitrogens with zero attached hydrogens (tertiary/aromatic N) is 5. The predicted octanol–water partition coefficient (Wildman–Crippen LogP) is 2.32. The van der Waals surface area contributed by atoms with E-state index in [2.05, 4.69) is 30.1 Å². The molecule has 1 atom stereocenters. The van der Waals surface area contributed by atoms with Crippen molar-refractivity contribution in [3.63, 3.8) is 0 Å². The van der Waals surface area contributed by atoms with Gasteiger partial charge in [-0.1, -0.05) is 10.3 Å². The van der Waals surface area contributed by atoms with Crippen LogP contribution in [0.25, 0.3) is 0 Å². The lowest BCUT2D eigenvalue weighted by Gasteiger charge is -2.33. The SMILES string of the molecule is Cc1nonc1CNC(=O)CC1CCCN(C(=O)c2ccnc(N3CCCCC3)c2)C1. The molecule has 0 spiro atoms. The van der Waals surface area contributed by atoms with Crippen LogP contribution < -0.4 is 10.2 Å². The molecule has 2 aliphatic rings. The molecule has 166 valence electrons. The van der Waals surface area contributed by atoms with Crippen LogP contribution in [0.15, 0.2) is 23.0 Å². The number of hydrogen-bond acceptors (Lipinski definition) is 7. The van der Waals surface area contributed by atoms with Crippen LogP contribution in [0.2, 0.25) is 0 Å². The zero-order valence-electron chi connectivity index (χ0n) is 18.0. The average Bonchev–Trinajstić information content (AvgIpc) is 3.22. The summed E-state index contributed by atoms with van der Waals surface area (Å²) in [5.74, 6) is 1.02. The van der Waals surface area contributed by atoms with Crippen LogP contribution in [0.1, 0.15) is 60.3 Å². The van der Waals surface area contributed by atoms with Crippen molar-refractivity contribution < 1.29 is 14.2 Å². The van der Waals surface area contributed by atoms with E-state index in [-0.39, 0.29) is 17.7 Å². The normalized spacial score (nSPS) is 19.3. The number of anilines is 1. The molecular weight excluding hydrogens is 396 g/mol. The maximum absolute atomic E-state index is 13.1. The van der Waals surface area contributed by atoms with Gasteiger partial charge < -0.3 is 15.1 Å². The van der Waals surface area contributed by atoms with Gasteiger partial charge in [-0.15, -0.1) is 0 Å². The number of hydrogen-bond donors (Lipinski definition) is 1. The molecule has 2 amide bonds. The van der Waals surface area contributed by atoms with Gasteiger partial charge in [0.1, 0.15) is 17.2 Å². The Morgan fingerprint density at radius 1 is 1.16 bits per heavy atom.